The Morgan fingerprint density at radius 1 is 1.10 bits per heavy atom. The molecule has 0 spiro atoms. The molecule has 30 heavy (non-hydrogen) atoms. The van der Waals surface area contributed by atoms with Gasteiger partial charge < -0.3 is 15.0 Å². The molecule has 0 saturated carbocycles. The van der Waals surface area contributed by atoms with Crippen molar-refractivity contribution in [3.05, 3.63) is 64.7 Å². The molecule has 1 aliphatic heterocycles. The fourth-order valence-corrected chi connectivity index (χ4v) is 3.95. The quantitative estimate of drug-likeness (QED) is 0.777. The molecule has 0 radical (unpaired) electrons. The summed E-state index contributed by atoms with van der Waals surface area (Å²) in [5.74, 6) is 0.681. The number of hydrogen-bond donors (Lipinski definition) is 1. The predicted octanol–water partition coefficient (Wildman–Crippen LogP) is 4.26. The summed E-state index contributed by atoms with van der Waals surface area (Å²) in [7, 11) is 0. The van der Waals surface area contributed by atoms with Crippen molar-refractivity contribution in [3.63, 3.8) is 0 Å². The Balaban J connectivity index is 1.55. The highest BCUT2D eigenvalue weighted by Crippen LogP contribution is 2.20. The van der Waals surface area contributed by atoms with Crippen molar-refractivity contribution in [3.8, 4) is 5.75 Å². The minimum Gasteiger partial charge on any atom is -0.491 e. The monoisotopic (exact) mass is 408 g/mol. The maximum Gasteiger partial charge on any atom is 0.253 e. The lowest BCUT2D eigenvalue weighted by Crippen LogP contribution is -2.45. The molecule has 160 valence electrons. The molecule has 0 bridgehead atoms. The Kier molecular flexibility index (Phi) is 7.14. The van der Waals surface area contributed by atoms with Crippen molar-refractivity contribution < 1.29 is 14.3 Å². The van der Waals surface area contributed by atoms with Crippen LogP contribution in [0.3, 0.4) is 0 Å². The van der Waals surface area contributed by atoms with Gasteiger partial charge in [0, 0.05) is 25.2 Å². The smallest absolute Gasteiger partial charge is 0.253 e. The minimum atomic E-state index is -0.169. The number of likely N-dealkylation sites (tertiary alicyclic amines) is 1. The zero-order chi connectivity index (χ0) is 21.7. The molecule has 1 heterocycles. The van der Waals surface area contributed by atoms with E-state index in [4.69, 9.17) is 4.74 Å². The molecule has 1 saturated heterocycles. The minimum absolute atomic E-state index is 0.00966. The summed E-state index contributed by atoms with van der Waals surface area (Å²) in [4.78, 5) is 27.5. The first-order valence-corrected chi connectivity index (χ1v) is 10.7. The van der Waals surface area contributed by atoms with E-state index in [1.807, 2.05) is 69.0 Å². The summed E-state index contributed by atoms with van der Waals surface area (Å²) < 4.78 is 5.65. The number of aryl methyl sites for hydroxylation is 2. The Morgan fingerprint density at radius 2 is 1.77 bits per heavy atom. The number of nitrogens with zero attached hydrogens (tertiary/aromatic N) is 1. The third kappa shape index (κ3) is 5.85. The second kappa shape index (κ2) is 9.79. The van der Waals surface area contributed by atoms with Crippen molar-refractivity contribution >= 4 is 11.8 Å². The molecule has 3 rings (SSSR count). The molecule has 5 nitrogen and oxygen atoms in total. The SMILES string of the molecule is Cc1cc(C)cc(C(=O)N2CCCC(C(=O)NCc3ccc(OC(C)C)cc3)C2)c1. The average Bonchev–Trinajstić information content (AvgIpc) is 2.71. The fourth-order valence-electron chi connectivity index (χ4n) is 3.95. The number of benzene rings is 2. The number of piperidine rings is 1. The highest BCUT2D eigenvalue weighted by atomic mass is 16.5. The second-order valence-electron chi connectivity index (χ2n) is 8.50. The molecule has 0 aromatic heterocycles. The molecule has 1 N–H and O–H groups in total. The van der Waals surface area contributed by atoms with Gasteiger partial charge in [-0.05, 0) is 70.4 Å². The molecule has 2 aromatic carbocycles. The zero-order valence-electron chi connectivity index (χ0n) is 18.4. The fraction of sp³-hybridized carbons (Fsp3) is 0.440. The van der Waals surface area contributed by atoms with Gasteiger partial charge in [0.1, 0.15) is 5.75 Å². The molecule has 1 aliphatic rings. The summed E-state index contributed by atoms with van der Waals surface area (Å²) in [5, 5.41) is 3.03. The van der Waals surface area contributed by atoms with Crippen LogP contribution in [-0.2, 0) is 11.3 Å². The van der Waals surface area contributed by atoms with E-state index < -0.39 is 0 Å². The van der Waals surface area contributed by atoms with Gasteiger partial charge in [0.05, 0.1) is 12.0 Å². The van der Waals surface area contributed by atoms with E-state index in [9.17, 15) is 9.59 Å². The molecule has 1 unspecified atom stereocenters. The molecular formula is C25H32N2O3. The van der Waals surface area contributed by atoms with Crippen molar-refractivity contribution in [2.24, 2.45) is 5.92 Å². The summed E-state index contributed by atoms with van der Waals surface area (Å²) in [6.07, 6.45) is 1.79. The second-order valence-corrected chi connectivity index (χ2v) is 8.50. The Hall–Kier alpha value is -2.82. The van der Waals surface area contributed by atoms with Gasteiger partial charge in [0.15, 0.2) is 0 Å². The number of carbonyl (C=O) groups excluding carboxylic acids is 2. The van der Waals surface area contributed by atoms with Crippen LogP contribution in [0.2, 0.25) is 0 Å². The van der Waals surface area contributed by atoms with E-state index in [-0.39, 0.29) is 23.8 Å². The first-order chi connectivity index (χ1) is 14.3. The number of amides is 2. The number of ether oxygens (including phenoxy) is 1. The number of nitrogens with one attached hydrogen (secondary N) is 1. The maximum atomic E-state index is 12.9. The van der Waals surface area contributed by atoms with Crippen LogP contribution in [0.15, 0.2) is 42.5 Å². The van der Waals surface area contributed by atoms with Crippen LogP contribution in [0.1, 0.15) is 53.7 Å². The van der Waals surface area contributed by atoms with Gasteiger partial charge in [-0.1, -0.05) is 29.3 Å². The van der Waals surface area contributed by atoms with Crippen LogP contribution in [0, 0.1) is 19.8 Å². The van der Waals surface area contributed by atoms with E-state index in [1.165, 1.54) is 0 Å². The molecule has 1 atom stereocenters. The first kappa shape index (κ1) is 21.9. The molecule has 2 aromatic rings. The van der Waals surface area contributed by atoms with Gasteiger partial charge >= 0.3 is 0 Å². The highest BCUT2D eigenvalue weighted by molar-refractivity contribution is 5.95. The van der Waals surface area contributed by atoms with Crippen LogP contribution in [0.4, 0.5) is 0 Å². The summed E-state index contributed by atoms with van der Waals surface area (Å²) in [6.45, 7) is 9.63. The number of hydrogen-bond acceptors (Lipinski definition) is 3. The lowest BCUT2D eigenvalue weighted by atomic mass is 9.96. The van der Waals surface area contributed by atoms with Gasteiger partial charge in [0.2, 0.25) is 5.91 Å². The van der Waals surface area contributed by atoms with Gasteiger partial charge in [-0.2, -0.15) is 0 Å². The number of carbonyl (C=O) groups is 2. The Morgan fingerprint density at radius 3 is 2.40 bits per heavy atom. The van der Waals surface area contributed by atoms with Crippen LogP contribution >= 0.6 is 0 Å². The first-order valence-electron chi connectivity index (χ1n) is 10.7. The molecule has 1 fully saturated rings. The van der Waals surface area contributed by atoms with E-state index in [0.717, 1.165) is 35.3 Å². The summed E-state index contributed by atoms with van der Waals surface area (Å²) >= 11 is 0. The van der Waals surface area contributed by atoms with E-state index in [1.54, 1.807) is 0 Å². The van der Waals surface area contributed by atoms with Gasteiger partial charge in [0.25, 0.3) is 5.91 Å². The zero-order valence-corrected chi connectivity index (χ0v) is 18.4. The van der Waals surface area contributed by atoms with E-state index >= 15 is 0 Å². The summed E-state index contributed by atoms with van der Waals surface area (Å²) in [6, 6.07) is 13.7. The van der Waals surface area contributed by atoms with Crippen LogP contribution in [0.25, 0.3) is 0 Å². The lowest BCUT2D eigenvalue weighted by molar-refractivity contribution is -0.126. The predicted molar refractivity (Wildman–Crippen MR) is 119 cm³/mol. The third-order valence-corrected chi connectivity index (χ3v) is 5.31. The summed E-state index contributed by atoms with van der Waals surface area (Å²) in [5.41, 5.74) is 3.89. The van der Waals surface area contributed by atoms with Crippen LogP contribution < -0.4 is 10.1 Å². The van der Waals surface area contributed by atoms with Crippen LogP contribution in [0.5, 0.6) is 5.75 Å². The standard InChI is InChI=1S/C25H32N2O3/c1-17(2)30-23-9-7-20(8-10-23)15-26-24(28)21-6-5-11-27(16-21)25(29)22-13-18(3)12-19(4)14-22/h7-10,12-14,17,21H,5-6,11,15-16H2,1-4H3,(H,26,28). The van der Waals surface area contributed by atoms with Gasteiger partial charge in [-0.25, -0.2) is 0 Å². The van der Waals surface area contributed by atoms with Gasteiger partial charge in [-0.3, -0.25) is 9.59 Å². The largest absolute Gasteiger partial charge is 0.491 e. The normalized spacial score (nSPS) is 16.4. The van der Waals surface area contributed by atoms with Crippen molar-refractivity contribution in [2.75, 3.05) is 13.1 Å². The Labute approximate surface area is 179 Å². The lowest BCUT2D eigenvalue weighted by Gasteiger charge is -2.32. The van der Waals surface area contributed by atoms with Crippen molar-refractivity contribution in [1.82, 2.24) is 10.2 Å². The Bertz CT molecular complexity index is 870. The van der Waals surface area contributed by atoms with Crippen LogP contribution in [-0.4, -0.2) is 35.9 Å². The topological polar surface area (TPSA) is 58.6 Å². The van der Waals surface area contributed by atoms with Crippen molar-refractivity contribution in [2.45, 2.75) is 53.2 Å². The average molecular weight is 409 g/mol. The molecule has 5 heteroatoms. The number of rotatable bonds is 6. The molecule has 2 amide bonds. The molecule has 0 aliphatic carbocycles. The maximum absolute atomic E-state index is 12.9. The third-order valence-electron chi connectivity index (χ3n) is 5.31. The highest BCUT2D eigenvalue weighted by Gasteiger charge is 2.29. The van der Waals surface area contributed by atoms with E-state index in [0.29, 0.717) is 25.2 Å². The van der Waals surface area contributed by atoms with Gasteiger partial charge in [-0.15, -0.1) is 0 Å². The van der Waals surface area contributed by atoms with Crippen molar-refractivity contribution in [1.29, 1.82) is 0 Å². The molecular weight excluding hydrogens is 376 g/mol. The van der Waals surface area contributed by atoms with E-state index in [2.05, 4.69) is 11.4 Å².